The molecular weight excluding hydrogens is 300 g/mol. The average molecular weight is 314 g/mol. The Hall–Kier alpha value is -2.60. The number of ether oxygens (including phenoxy) is 1. The van der Waals surface area contributed by atoms with Gasteiger partial charge in [0, 0.05) is 5.56 Å². The molecule has 5 nitrogen and oxygen atoms in total. The predicted molar refractivity (Wildman–Crippen MR) is 84.0 cm³/mol. The van der Waals surface area contributed by atoms with Crippen LogP contribution < -0.4 is 10.1 Å². The molecule has 22 heavy (non-hydrogen) atoms. The van der Waals surface area contributed by atoms with E-state index in [1.807, 2.05) is 17.5 Å². The molecule has 1 N–H and O–H groups in total. The summed E-state index contributed by atoms with van der Waals surface area (Å²) in [6.45, 7) is 0.310. The van der Waals surface area contributed by atoms with Crippen molar-refractivity contribution < 1.29 is 13.9 Å². The van der Waals surface area contributed by atoms with Gasteiger partial charge in [-0.05, 0) is 29.6 Å². The molecule has 3 rings (SSSR count). The number of nitrogens with zero attached hydrogens (tertiary/aromatic N) is 1. The second-order valence-electron chi connectivity index (χ2n) is 4.54. The zero-order chi connectivity index (χ0) is 15.4. The molecule has 0 spiro atoms. The lowest BCUT2D eigenvalue weighted by Gasteiger charge is -2.05. The molecule has 112 valence electrons. The number of nitrogens with one attached hydrogen (secondary N) is 1. The number of carbonyl (C=O) groups is 1. The third-order valence-electron chi connectivity index (χ3n) is 3.05. The van der Waals surface area contributed by atoms with Gasteiger partial charge in [-0.3, -0.25) is 4.79 Å². The Balaban J connectivity index is 1.63. The molecule has 0 aliphatic rings. The largest absolute Gasteiger partial charge is 0.497 e. The molecule has 2 aromatic heterocycles. The van der Waals surface area contributed by atoms with Crippen LogP contribution in [-0.2, 0) is 6.54 Å². The summed E-state index contributed by atoms with van der Waals surface area (Å²) in [5.41, 5.74) is 1.22. The highest BCUT2D eigenvalue weighted by atomic mass is 32.1. The first-order valence-corrected chi connectivity index (χ1v) is 7.55. The van der Waals surface area contributed by atoms with E-state index in [1.54, 1.807) is 49.0 Å². The highest BCUT2D eigenvalue weighted by Gasteiger charge is 2.10. The molecule has 0 radical (unpaired) electrons. The number of amides is 1. The minimum atomic E-state index is -0.181. The Labute approximate surface area is 131 Å². The van der Waals surface area contributed by atoms with Crippen molar-refractivity contribution in [3.05, 3.63) is 59.3 Å². The molecule has 1 amide bonds. The molecule has 2 heterocycles. The lowest BCUT2D eigenvalue weighted by atomic mass is 10.2. The van der Waals surface area contributed by atoms with E-state index in [0.717, 1.165) is 4.88 Å². The third-order valence-corrected chi connectivity index (χ3v) is 3.90. The first-order chi connectivity index (χ1) is 10.8. The van der Waals surface area contributed by atoms with Crippen LogP contribution in [0.4, 0.5) is 0 Å². The van der Waals surface area contributed by atoms with Crippen LogP contribution in [0, 0.1) is 0 Å². The lowest BCUT2D eigenvalue weighted by Crippen LogP contribution is -2.22. The topological polar surface area (TPSA) is 64.4 Å². The summed E-state index contributed by atoms with van der Waals surface area (Å²) in [7, 11) is 1.57. The van der Waals surface area contributed by atoms with Crippen molar-refractivity contribution in [1.29, 1.82) is 0 Å². The van der Waals surface area contributed by atoms with E-state index < -0.39 is 0 Å². The van der Waals surface area contributed by atoms with Crippen LogP contribution >= 0.6 is 11.3 Å². The zero-order valence-electron chi connectivity index (χ0n) is 11.9. The number of aromatic nitrogens is 1. The molecule has 0 unspecified atom stereocenters. The van der Waals surface area contributed by atoms with Crippen molar-refractivity contribution in [2.75, 3.05) is 7.11 Å². The van der Waals surface area contributed by atoms with Gasteiger partial charge in [0.1, 0.15) is 12.0 Å². The fraction of sp³-hybridized carbons (Fsp3) is 0.125. The maximum atomic E-state index is 12.1. The Morgan fingerprint density at radius 1 is 1.36 bits per heavy atom. The van der Waals surface area contributed by atoms with Crippen molar-refractivity contribution in [3.63, 3.8) is 0 Å². The minimum absolute atomic E-state index is 0.181. The molecule has 0 saturated carbocycles. The fourth-order valence-electron chi connectivity index (χ4n) is 1.94. The second kappa shape index (κ2) is 6.44. The van der Waals surface area contributed by atoms with Gasteiger partial charge in [-0.25, -0.2) is 4.98 Å². The summed E-state index contributed by atoms with van der Waals surface area (Å²) in [5, 5.41) is 4.77. The molecule has 0 bridgehead atoms. The van der Waals surface area contributed by atoms with Crippen LogP contribution in [0.2, 0.25) is 0 Å². The van der Waals surface area contributed by atoms with Crippen LogP contribution in [0.5, 0.6) is 5.75 Å². The maximum Gasteiger partial charge on any atom is 0.251 e. The Morgan fingerprint density at radius 2 is 2.27 bits per heavy atom. The van der Waals surface area contributed by atoms with Gasteiger partial charge in [0.15, 0.2) is 0 Å². The summed E-state index contributed by atoms with van der Waals surface area (Å²) >= 11 is 1.56. The number of rotatable bonds is 5. The van der Waals surface area contributed by atoms with Crippen LogP contribution in [0.3, 0.4) is 0 Å². The minimum Gasteiger partial charge on any atom is -0.497 e. The zero-order valence-corrected chi connectivity index (χ0v) is 12.7. The number of hydrogen-bond acceptors (Lipinski definition) is 5. The highest BCUT2D eigenvalue weighted by molar-refractivity contribution is 7.13. The first kappa shape index (κ1) is 14.3. The van der Waals surface area contributed by atoms with E-state index in [4.69, 9.17) is 9.15 Å². The van der Waals surface area contributed by atoms with E-state index >= 15 is 0 Å². The van der Waals surface area contributed by atoms with Gasteiger partial charge in [0.25, 0.3) is 5.91 Å². The quantitative estimate of drug-likeness (QED) is 0.784. The molecule has 1 aromatic carbocycles. The summed E-state index contributed by atoms with van der Waals surface area (Å²) in [6, 6.07) is 10.9. The first-order valence-electron chi connectivity index (χ1n) is 6.67. The summed E-state index contributed by atoms with van der Waals surface area (Å²) in [4.78, 5) is 17.4. The Bertz CT molecular complexity index is 765. The molecule has 6 heteroatoms. The number of carbonyl (C=O) groups excluding carboxylic acids is 1. The number of thiophene rings is 1. The number of hydrogen-bond donors (Lipinski definition) is 1. The normalized spacial score (nSPS) is 10.4. The second-order valence-corrected chi connectivity index (χ2v) is 5.48. The van der Waals surface area contributed by atoms with Crippen molar-refractivity contribution in [2.45, 2.75) is 6.54 Å². The fourth-order valence-corrected chi connectivity index (χ4v) is 2.59. The van der Waals surface area contributed by atoms with Crippen LogP contribution in [0.1, 0.15) is 16.1 Å². The summed E-state index contributed by atoms with van der Waals surface area (Å²) in [6.07, 6.45) is 1.56. The van der Waals surface area contributed by atoms with Gasteiger partial charge in [0.2, 0.25) is 5.89 Å². The Morgan fingerprint density at radius 3 is 3.05 bits per heavy atom. The summed E-state index contributed by atoms with van der Waals surface area (Å²) < 4.78 is 10.5. The van der Waals surface area contributed by atoms with Crippen molar-refractivity contribution in [3.8, 4) is 16.5 Å². The maximum absolute atomic E-state index is 12.1. The van der Waals surface area contributed by atoms with Gasteiger partial charge in [-0.15, -0.1) is 11.3 Å². The smallest absolute Gasteiger partial charge is 0.251 e. The molecule has 3 aromatic rings. The van der Waals surface area contributed by atoms with Crippen molar-refractivity contribution in [2.24, 2.45) is 0 Å². The van der Waals surface area contributed by atoms with Crippen LogP contribution in [0.25, 0.3) is 10.8 Å². The standard InChI is InChI=1S/C16H14N2O3S/c1-20-13-5-2-4-11(8-13)15(19)17-9-12-10-21-16(18-12)14-6-3-7-22-14/h2-8,10H,9H2,1H3,(H,17,19). The van der Waals surface area contributed by atoms with E-state index in [2.05, 4.69) is 10.3 Å². The highest BCUT2D eigenvalue weighted by Crippen LogP contribution is 2.23. The van der Waals surface area contributed by atoms with Gasteiger partial charge >= 0.3 is 0 Å². The van der Waals surface area contributed by atoms with Crippen LogP contribution in [-0.4, -0.2) is 18.0 Å². The van der Waals surface area contributed by atoms with Gasteiger partial charge in [0.05, 0.1) is 24.2 Å². The van der Waals surface area contributed by atoms with Gasteiger partial charge in [-0.2, -0.15) is 0 Å². The van der Waals surface area contributed by atoms with Gasteiger partial charge in [-0.1, -0.05) is 12.1 Å². The summed E-state index contributed by atoms with van der Waals surface area (Å²) in [5.74, 6) is 1.04. The van der Waals surface area contributed by atoms with E-state index in [1.165, 1.54) is 0 Å². The predicted octanol–water partition coefficient (Wildman–Crippen LogP) is 3.34. The Kier molecular flexibility index (Phi) is 4.20. The molecule has 0 fully saturated rings. The molecule has 0 saturated heterocycles. The number of benzene rings is 1. The number of oxazole rings is 1. The third kappa shape index (κ3) is 3.17. The van der Waals surface area contributed by atoms with E-state index in [-0.39, 0.29) is 5.91 Å². The average Bonchev–Trinajstić information content (AvgIpc) is 3.23. The SMILES string of the molecule is COc1cccc(C(=O)NCc2coc(-c3cccs3)n2)c1. The van der Waals surface area contributed by atoms with Crippen LogP contribution in [0.15, 0.2) is 52.5 Å². The van der Waals surface area contributed by atoms with Crippen molar-refractivity contribution >= 4 is 17.2 Å². The van der Waals surface area contributed by atoms with Gasteiger partial charge < -0.3 is 14.5 Å². The lowest BCUT2D eigenvalue weighted by molar-refractivity contribution is 0.0950. The molecular formula is C16H14N2O3S. The molecule has 0 atom stereocenters. The molecule has 0 aliphatic carbocycles. The monoisotopic (exact) mass is 314 g/mol. The number of methoxy groups -OCH3 is 1. The van der Waals surface area contributed by atoms with E-state index in [0.29, 0.717) is 29.4 Å². The molecule has 0 aliphatic heterocycles. The van der Waals surface area contributed by atoms with E-state index in [9.17, 15) is 4.79 Å². The van der Waals surface area contributed by atoms with Crippen molar-refractivity contribution in [1.82, 2.24) is 10.3 Å².